The minimum absolute atomic E-state index is 0.307. The molecule has 0 aromatic carbocycles. The van der Waals surface area contributed by atoms with Gasteiger partial charge in [-0.25, -0.2) is 8.42 Å². The van der Waals surface area contributed by atoms with Gasteiger partial charge >= 0.3 is 0 Å². The number of rotatable bonds is 7. The molecular formula is C12H26N2O2S. The van der Waals surface area contributed by atoms with Gasteiger partial charge in [0.25, 0.3) is 0 Å². The van der Waals surface area contributed by atoms with Gasteiger partial charge < -0.3 is 10.2 Å². The Hall–Kier alpha value is -0.130. The van der Waals surface area contributed by atoms with E-state index in [0.717, 1.165) is 32.6 Å². The molecule has 0 spiro atoms. The van der Waals surface area contributed by atoms with E-state index in [1.54, 1.807) is 0 Å². The van der Waals surface area contributed by atoms with Crippen LogP contribution in [-0.4, -0.2) is 57.5 Å². The number of nitrogens with zero attached hydrogens (tertiary/aromatic N) is 1. The molecule has 1 fully saturated rings. The first-order valence-corrected chi connectivity index (χ1v) is 8.71. The summed E-state index contributed by atoms with van der Waals surface area (Å²) in [6, 6.07) is 0.599. The lowest BCUT2D eigenvalue weighted by atomic mass is 10.0. The molecule has 0 aromatic heterocycles. The summed E-state index contributed by atoms with van der Waals surface area (Å²) in [7, 11) is -2.80. The zero-order valence-electron chi connectivity index (χ0n) is 11.1. The third kappa shape index (κ3) is 7.01. The number of nitrogens with one attached hydrogen (secondary N) is 1. The molecule has 17 heavy (non-hydrogen) atoms. The number of hydrogen-bond donors (Lipinski definition) is 1. The van der Waals surface area contributed by atoms with Crippen LogP contribution in [0.25, 0.3) is 0 Å². The maximum absolute atomic E-state index is 11.1. The van der Waals surface area contributed by atoms with Crippen molar-refractivity contribution in [2.45, 2.75) is 38.6 Å². The van der Waals surface area contributed by atoms with Crippen LogP contribution >= 0.6 is 0 Å². The Balaban J connectivity index is 2.23. The van der Waals surface area contributed by atoms with Crippen molar-refractivity contribution in [2.24, 2.45) is 0 Å². The molecule has 1 rings (SSSR count). The van der Waals surface area contributed by atoms with Gasteiger partial charge in [-0.3, -0.25) is 0 Å². The molecule has 0 bridgehead atoms. The van der Waals surface area contributed by atoms with E-state index in [0.29, 0.717) is 11.8 Å². The zero-order chi connectivity index (χ0) is 12.7. The smallest absolute Gasteiger partial charge is 0.147 e. The summed E-state index contributed by atoms with van der Waals surface area (Å²) in [6.45, 7) is 6.22. The van der Waals surface area contributed by atoms with E-state index in [4.69, 9.17) is 0 Å². The Kier molecular flexibility index (Phi) is 6.44. The molecule has 0 amide bonds. The van der Waals surface area contributed by atoms with Crippen LogP contribution in [0.5, 0.6) is 0 Å². The van der Waals surface area contributed by atoms with Gasteiger partial charge in [0.05, 0.1) is 5.75 Å². The number of piperidine rings is 1. The van der Waals surface area contributed by atoms with Gasteiger partial charge in [0.1, 0.15) is 9.84 Å². The summed E-state index contributed by atoms with van der Waals surface area (Å²) in [5.41, 5.74) is 0. The predicted octanol–water partition coefficient (Wildman–Crippen LogP) is 0.885. The first-order chi connectivity index (χ1) is 8.01. The highest BCUT2D eigenvalue weighted by Gasteiger charge is 2.15. The van der Waals surface area contributed by atoms with E-state index in [9.17, 15) is 8.42 Å². The van der Waals surface area contributed by atoms with E-state index in [-0.39, 0.29) is 0 Å². The van der Waals surface area contributed by atoms with Crippen molar-refractivity contribution in [2.75, 3.05) is 38.2 Å². The van der Waals surface area contributed by atoms with Crippen molar-refractivity contribution in [1.29, 1.82) is 0 Å². The Morgan fingerprint density at radius 2 is 2.12 bits per heavy atom. The second kappa shape index (κ2) is 7.34. The van der Waals surface area contributed by atoms with Crippen molar-refractivity contribution in [3.63, 3.8) is 0 Å². The molecule has 0 aromatic rings. The molecule has 102 valence electrons. The van der Waals surface area contributed by atoms with Crippen molar-refractivity contribution >= 4 is 9.84 Å². The molecule has 1 saturated heterocycles. The molecular weight excluding hydrogens is 236 g/mol. The molecule has 5 heteroatoms. The maximum Gasteiger partial charge on any atom is 0.147 e. The number of sulfone groups is 1. The van der Waals surface area contributed by atoms with Crippen LogP contribution < -0.4 is 5.32 Å². The molecule has 1 atom stereocenters. The summed E-state index contributed by atoms with van der Waals surface area (Å²) in [5, 5.41) is 3.53. The summed E-state index contributed by atoms with van der Waals surface area (Å²) in [5.74, 6) is 0.307. The molecule has 0 radical (unpaired) electrons. The second-order valence-electron chi connectivity index (χ2n) is 5.02. The monoisotopic (exact) mass is 262 g/mol. The SMILES string of the molecule is CCN(CCCS(C)(=O)=O)CC1CCCCN1. The van der Waals surface area contributed by atoms with Crippen LogP contribution in [0.3, 0.4) is 0 Å². The minimum Gasteiger partial charge on any atom is -0.313 e. The van der Waals surface area contributed by atoms with Crippen LogP contribution in [0.2, 0.25) is 0 Å². The molecule has 0 aliphatic carbocycles. The van der Waals surface area contributed by atoms with Gasteiger partial charge in [0.2, 0.25) is 0 Å². The van der Waals surface area contributed by atoms with Crippen LogP contribution in [0.1, 0.15) is 32.6 Å². The molecule has 1 aliphatic heterocycles. The van der Waals surface area contributed by atoms with Crippen LogP contribution in [0.4, 0.5) is 0 Å². The fraction of sp³-hybridized carbons (Fsp3) is 1.00. The lowest BCUT2D eigenvalue weighted by Gasteiger charge is -2.29. The first-order valence-electron chi connectivity index (χ1n) is 6.64. The third-order valence-electron chi connectivity index (χ3n) is 3.33. The van der Waals surface area contributed by atoms with Crippen LogP contribution in [-0.2, 0) is 9.84 Å². The Morgan fingerprint density at radius 1 is 1.35 bits per heavy atom. The van der Waals surface area contributed by atoms with E-state index < -0.39 is 9.84 Å². The van der Waals surface area contributed by atoms with E-state index in [2.05, 4.69) is 17.1 Å². The number of hydrogen-bond acceptors (Lipinski definition) is 4. The van der Waals surface area contributed by atoms with Gasteiger partial charge in [-0.2, -0.15) is 0 Å². The maximum atomic E-state index is 11.1. The molecule has 1 N–H and O–H groups in total. The standard InChI is InChI=1S/C12H26N2O2S/c1-3-14(9-6-10-17(2,15)16)11-12-7-4-5-8-13-12/h12-13H,3-11H2,1-2H3. The molecule has 0 saturated carbocycles. The lowest BCUT2D eigenvalue weighted by Crippen LogP contribution is -2.44. The fourth-order valence-corrected chi connectivity index (χ4v) is 2.97. The summed E-state index contributed by atoms with van der Waals surface area (Å²) >= 11 is 0. The number of likely N-dealkylation sites (N-methyl/N-ethyl adjacent to an activating group) is 1. The first kappa shape index (κ1) is 14.9. The van der Waals surface area contributed by atoms with Crippen LogP contribution in [0, 0.1) is 0 Å². The molecule has 1 heterocycles. The largest absolute Gasteiger partial charge is 0.313 e. The van der Waals surface area contributed by atoms with Crippen molar-refractivity contribution in [3.8, 4) is 0 Å². The third-order valence-corrected chi connectivity index (χ3v) is 4.36. The van der Waals surface area contributed by atoms with Gasteiger partial charge in [-0.15, -0.1) is 0 Å². The Morgan fingerprint density at radius 3 is 2.65 bits per heavy atom. The van der Waals surface area contributed by atoms with Gasteiger partial charge in [-0.1, -0.05) is 13.3 Å². The average Bonchev–Trinajstić information content (AvgIpc) is 2.27. The van der Waals surface area contributed by atoms with E-state index in [1.165, 1.54) is 25.5 Å². The average molecular weight is 262 g/mol. The molecule has 4 nitrogen and oxygen atoms in total. The quantitative estimate of drug-likeness (QED) is 0.740. The summed E-state index contributed by atoms with van der Waals surface area (Å²) in [6.07, 6.45) is 5.92. The topological polar surface area (TPSA) is 49.4 Å². The van der Waals surface area contributed by atoms with Crippen molar-refractivity contribution < 1.29 is 8.42 Å². The molecule has 1 unspecified atom stereocenters. The zero-order valence-corrected chi connectivity index (χ0v) is 11.9. The normalized spacial score (nSPS) is 21.9. The Bertz CT molecular complexity index is 298. The van der Waals surface area contributed by atoms with Crippen molar-refractivity contribution in [1.82, 2.24) is 10.2 Å². The van der Waals surface area contributed by atoms with Gasteiger partial charge in [0.15, 0.2) is 0 Å². The van der Waals surface area contributed by atoms with E-state index in [1.807, 2.05) is 0 Å². The fourth-order valence-electron chi connectivity index (χ4n) is 2.32. The highest BCUT2D eigenvalue weighted by molar-refractivity contribution is 7.90. The lowest BCUT2D eigenvalue weighted by molar-refractivity contribution is 0.234. The van der Waals surface area contributed by atoms with Gasteiger partial charge in [0, 0.05) is 18.8 Å². The van der Waals surface area contributed by atoms with Crippen LogP contribution in [0.15, 0.2) is 0 Å². The summed E-state index contributed by atoms with van der Waals surface area (Å²) < 4.78 is 22.1. The molecule has 1 aliphatic rings. The minimum atomic E-state index is -2.80. The second-order valence-corrected chi connectivity index (χ2v) is 7.28. The van der Waals surface area contributed by atoms with E-state index >= 15 is 0 Å². The van der Waals surface area contributed by atoms with Crippen molar-refractivity contribution in [3.05, 3.63) is 0 Å². The predicted molar refractivity (Wildman–Crippen MR) is 72.1 cm³/mol. The Labute approximate surface area is 106 Å². The van der Waals surface area contributed by atoms with Gasteiger partial charge in [-0.05, 0) is 38.9 Å². The highest BCUT2D eigenvalue weighted by Crippen LogP contribution is 2.08. The highest BCUT2D eigenvalue weighted by atomic mass is 32.2. The summed E-state index contributed by atoms with van der Waals surface area (Å²) in [4.78, 5) is 2.36.